The van der Waals surface area contributed by atoms with Gasteiger partial charge in [-0.1, -0.05) is 35.5 Å². The summed E-state index contributed by atoms with van der Waals surface area (Å²) in [7, 11) is 4.01. The fourth-order valence-corrected chi connectivity index (χ4v) is 2.77. The third-order valence-corrected chi connectivity index (χ3v) is 4.27. The van der Waals surface area contributed by atoms with Crippen LogP contribution in [0.1, 0.15) is 23.9 Å². The lowest BCUT2D eigenvalue weighted by Gasteiger charge is -2.25. The Morgan fingerprint density at radius 2 is 1.89 bits per heavy atom. The number of likely N-dealkylation sites (N-methyl/N-ethyl adjacent to an activating group) is 1. The van der Waals surface area contributed by atoms with Crippen molar-refractivity contribution in [1.82, 2.24) is 25.3 Å². The van der Waals surface area contributed by atoms with Crippen LogP contribution >= 0.6 is 0 Å². The third-order valence-electron chi connectivity index (χ3n) is 4.27. The number of pyridine rings is 1. The standard InChI is InChI=1S/C20H23N5O2/c1-25(2)17(15-6-4-3-5-7-15)14-22-18(26)8-9-19-23-20(24-27-19)16-10-12-21-13-11-16/h3-7,10-13,17H,8-9,14H2,1-2H3,(H,22,26). The number of rotatable bonds is 8. The summed E-state index contributed by atoms with van der Waals surface area (Å²) in [5, 5.41) is 6.94. The minimum absolute atomic E-state index is 0.0403. The second-order valence-corrected chi connectivity index (χ2v) is 6.44. The van der Waals surface area contributed by atoms with Crippen LogP contribution in [-0.2, 0) is 11.2 Å². The van der Waals surface area contributed by atoms with Crippen molar-refractivity contribution in [3.8, 4) is 11.4 Å². The molecule has 1 unspecified atom stereocenters. The van der Waals surface area contributed by atoms with Crippen LogP contribution < -0.4 is 5.32 Å². The average Bonchev–Trinajstić information content (AvgIpc) is 3.17. The Morgan fingerprint density at radius 3 is 2.59 bits per heavy atom. The average molecular weight is 365 g/mol. The number of nitrogens with one attached hydrogen (secondary N) is 1. The molecule has 2 heterocycles. The number of amides is 1. The van der Waals surface area contributed by atoms with Gasteiger partial charge in [0.2, 0.25) is 17.6 Å². The van der Waals surface area contributed by atoms with E-state index in [1.54, 1.807) is 12.4 Å². The van der Waals surface area contributed by atoms with Crippen LogP contribution in [0, 0.1) is 0 Å². The number of aryl methyl sites for hydroxylation is 1. The quantitative estimate of drug-likeness (QED) is 0.660. The molecule has 0 saturated carbocycles. The normalized spacial score (nSPS) is 12.1. The van der Waals surface area contributed by atoms with Crippen LogP contribution in [0.25, 0.3) is 11.4 Å². The fourth-order valence-electron chi connectivity index (χ4n) is 2.77. The predicted octanol–water partition coefficient (Wildman–Crippen LogP) is 2.48. The first kappa shape index (κ1) is 18.7. The van der Waals surface area contributed by atoms with Gasteiger partial charge >= 0.3 is 0 Å². The molecule has 0 radical (unpaired) electrons. The molecule has 1 amide bonds. The van der Waals surface area contributed by atoms with E-state index < -0.39 is 0 Å². The maximum absolute atomic E-state index is 12.2. The van der Waals surface area contributed by atoms with E-state index in [0.29, 0.717) is 31.1 Å². The highest BCUT2D eigenvalue weighted by Crippen LogP contribution is 2.17. The van der Waals surface area contributed by atoms with Gasteiger partial charge in [0.1, 0.15) is 0 Å². The van der Waals surface area contributed by atoms with Crippen molar-refractivity contribution in [2.75, 3.05) is 20.6 Å². The highest BCUT2D eigenvalue weighted by atomic mass is 16.5. The first-order valence-electron chi connectivity index (χ1n) is 8.84. The molecular weight excluding hydrogens is 342 g/mol. The molecule has 0 aliphatic heterocycles. The summed E-state index contributed by atoms with van der Waals surface area (Å²) in [6.07, 6.45) is 4.05. The summed E-state index contributed by atoms with van der Waals surface area (Å²) < 4.78 is 5.23. The van der Waals surface area contributed by atoms with E-state index in [1.807, 2.05) is 44.4 Å². The number of nitrogens with zero attached hydrogens (tertiary/aromatic N) is 4. The van der Waals surface area contributed by atoms with Gasteiger partial charge in [0.05, 0.1) is 6.04 Å². The molecule has 7 heteroatoms. The van der Waals surface area contributed by atoms with Crippen LogP contribution in [0.2, 0.25) is 0 Å². The van der Waals surface area contributed by atoms with E-state index in [1.165, 1.54) is 5.56 Å². The van der Waals surface area contributed by atoms with Crippen LogP contribution in [0.3, 0.4) is 0 Å². The van der Waals surface area contributed by atoms with Crippen molar-refractivity contribution in [3.05, 3.63) is 66.3 Å². The topological polar surface area (TPSA) is 84.2 Å². The first-order valence-corrected chi connectivity index (χ1v) is 8.84. The lowest BCUT2D eigenvalue weighted by Crippen LogP contribution is -2.34. The van der Waals surface area contributed by atoms with Gasteiger partial charge in [0, 0.05) is 37.3 Å². The maximum atomic E-state index is 12.2. The minimum atomic E-state index is -0.0403. The molecule has 3 aromatic rings. The number of aromatic nitrogens is 3. The zero-order valence-electron chi connectivity index (χ0n) is 15.5. The number of carbonyl (C=O) groups excluding carboxylic acids is 1. The number of hydrogen-bond acceptors (Lipinski definition) is 6. The number of carbonyl (C=O) groups is 1. The number of hydrogen-bond donors (Lipinski definition) is 1. The molecule has 0 saturated heterocycles. The molecule has 0 spiro atoms. The maximum Gasteiger partial charge on any atom is 0.227 e. The molecule has 2 aromatic heterocycles. The van der Waals surface area contributed by atoms with Crippen LogP contribution in [0.4, 0.5) is 0 Å². The molecule has 1 atom stereocenters. The zero-order chi connectivity index (χ0) is 19.1. The van der Waals surface area contributed by atoms with E-state index in [9.17, 15) is 4.79 Å². The Labute approximate surface area is 158 Å². The molecule has 1 aromatic carbocycles. The Balaban J connectivity index is 1.50. The second kappa shape index (κ2) is 9.05. The van der Waals surface area contributed by atoms with Gasteiger partial charge in [-0.15, -0.1) is 0 Å². The molecule has 140 valence electrons. The van der Waals surface area contributed by atoms with Gasteiger partial charge in [-0.3, -0.25) is 9.78 Å². The van der Waals surface area contributed by atoms with Crippen molar-refractivity contribution in [2.24, 2.45) is 0 Å². The summed E-state index contributed by atoms with van der Waals surface area (Å²) in [6.45, 7) is 0.544. The Bertz CT molecular complexity index is 849. The highest BCUT2D eigenvalue weighted by Gasteiger charge is 2.16. The summed E-state index contributed by atoms with van der Waals surface area (Å²) in [5.41, 5.74) is 2.00. The van der Waals surface area contributed by atoms with Crippen molar-refractivity contribution in [1.29, 1.82) is 0 Å². The van der Waals surface area contributed by atoms with Gasteiger partial charge in [0.25, 0.3) is 0 Å². The van der Waals surface area contributed by atoms with Gasteiger partial charge in [-0.05, 0) is 31.8 Å². The molecule has 0 aliphatic carbocycles. The monoisotopic (exact) mass is 365 g/mol. The molecule has 0 bridgehead atoms. The summed E-state index contributed by atoms with van der Waals surface area (Å²) in [6, 6.07) is 13.9. The van der Waals surface area contributed by atoms with Crippen molar-refractivity contribution in [3.63, 3.8) is 0 Å². The van der Waals surface area contributed by atoms with Gasteiger partial charge in [0.15, 0.2) is 0 Å². The molecule has 1 N–H and O–H groups in total. The minimum Gasteiger partial charge on any atom is -0.354 e. The van der Waals surface area contributed by atoms with Crippen LogP contribution in [0.15, 0.2) is 59.4 Å². The highest BCUT2D eigenvalue weighted by molar-refractivity contribution is 5.76. The molecule has 3 rings (SSSR count). The van der Waals surface area contributed by atoms with Gasteiger partial charge in [-0.25, -0.2) is 0 Å². The van der Waals surface area contributed by atoms with Crippen molar-refractivity contribution in [2.45, 2.75) is 18.9 Å². The summed E-state index contributed by atoms with van der Waals surface area (Å²) >= 11 is 0. The predicted molar refractivity (Wildman–Crippen MR) is 102 cm³/mol. The molecule has 27 heavy (non-hydrogen) atoms. The second-order valence-electron chi connectivity index (χ2n) is 6.44. The smallest absolute Gasteiger partial charge is 0.227 e. The summed E-state index contributed by atoms with van der Waals surface area (Å²) in [4.78, 5) is 22.6. The fraction of sp³-hybridized carbons (Fsp3) is 0.300. The zero-order valence-corrected chi connectivity index (χ0v) is 15.5. The van der Waals surface area contributed by atoms with E-state index in [0.717, 1.165) is 5.56 Å². The lowest BCUT2D eigenvalue weighted by atomic mass is 10.1. The summed E-state index contributed by atoms with van der Waals surface area (Å²) in [5.74, 6) is 0.912. The molecule has 7 nitrogen and oxygen atoms in total. The Morgan fingerprint density at radius 1 is 1.15 bits per heavy atom. The van der Waals surface area contributed by atoms with Crippen molar-refractivity contribution >= 4 is 5.91 Å². The van der Waals surface area contributed by atoms with Crippen LogP contribution in [-0.4, -0.2) is 46.6 Å². The van der Waals surface area contributed by atoms with E-state index in [2.05, 4.69) is 37.5 Å². The first-order chi connectivity index (χ1) is 13.1. The van der Waals surface area contributed by atoms with Gasteiger partial charge < -0.3 is 14.7 Å². The Hall–Kier alpha value is -3.06. The Kier molecular flexibility index (Phi) is 6.27. The van der Waals surface area contributed by atoms with Crippen molar-refractivity contribution < 1.29 is 9.32 Å². The SMILES string of the molecule is CN(C)C(CNC(=O)CCc1nc(-c2ccncc2)no1)c1ccccc1. The molecule has 0 aliphatic rings. The van der Waals surface area contributed by atoms with Crippen LogP contribution in [0.5, 0.6) is 0 Å². The lowest BCUT2D eigenvalue weighted by molar-refractivity contribution is -0.121. The van der Waals surface area contributed by atoms with E-state index in [4.69, 9.17) is 4.52 Å². The largest absolute Gasteiger partial charge is 0.354 e. The third kappa shape index (κ3) is 5.21. The number of benzene rings is 1. The van der Waals surface area contributed by atoms with E-state index in [-0.39, 0.29) is 11.9 Å². The molecular formula is C20H23N5O2. The van der Waals surface area contributed by atoms with E-state index >= 15 is 0 Å². The molecule has 0 fully saturated rings. The van der Waals surface area contributed by atoms with Gasteiger partial charge in [-0.2, -0.15) is 4.98 Å².